The van der Waals surface area contributed by atoms with Crippen molar-refractivity contribution in [2.45, 2.75) is 6.92 Å². The molecule has 1 aromatic heterocycles. The van der Waals surface area contributed by atoms with Crippen molar-refractivity contribution in [3.05, 3.63) is 17.7 Å². The number of ether oxygens (including phenoxy) is 2. The highest BCUT2D eigenvalue weighted by Gasteiger charge is 2.03. The van der Waals surface area contributed by atoms with Gasteiger partial charge < -0.3 is 14.8 Å². The third-order valence-electron chi connectivity index (χ3n) is 1.89. The Labute approximate surface area is 100 Å². The molecule has 0 spiro atoms. The number of carbonyl (C=O) groups is 1. The van der Waals surface area contributed by atoms with Gasteiger partial charge in [-0.05, 0) is 6.07 Å². The van der Waals surface area contributed by atoms with E-state index in [0.29, 0.717) is 23.9 Å². The summed E-state index contributed by atoms with van der Waals surface area (Å²) in [5, 5.41) is 2.58. The average Bonchev–Trinajstić information content (AvgIpc) is 2.34. The number of aromatic nitrogens is 1. The highest BCUT2D eigenvalue weighted by Crippen LogP contribution is 2.18. The molecule has 1 N–H and O–H groups in total. The number of nitrogens with one attached hydrogen (secondary N) is 1. The minimum Gasteiger partial charge on any atom is -0.481 e. The molecule has 0 aliphatic heterocycles. The number of pyridine rings is 1. The molecule has 0 unspecified atom stereocenters. The molecule has 0 saturated heterocycles. The molecule has 5 nitrogen and oxygen atoms in total. The van der Waals surface area contributed by atoms with E-state index in [1.807, 2.05) is 0 Å². The van der Waals surface area contributed by atoms with Gasteiger partial charge in [0.2, 0.25) is 17.7 Å². The van der Waals surface area contributed by atoms with Crippen molar-refractivity contribution in [1.82, 2.24) is 10.3 Å². The van der Waals surface area contributed by atoms with Crippen molar-refractivity contribution in [3.8, 4) is 23.6 Å². The molecule has 1 heterocycles. The van der Waals surface area contributed by atoms with Crippen LogP contribution in [-0.4, -0.2) is 31.7 Å². The molecule has 17 heavy (non-hydrogen) atoms. The number of nitrogens with zero attached hydrogens (tertiary/aromatic N) is 1. The molecular formula is C12H14N2O3. The van der Waals surface area contributed by atoms with Crippen LogP contribution in [-0.2, 0) is 4.79 Å². The Morgan fingerprint density at radius 2 is 2.18 bits per heavy atom. The van der Waals surface area contributed by atoms with Gasteiger partial charge in [0.1, 0.15) is 0 Å². The van der Waals surface area contributed by atoms with Crippen LogP contribution in [0.15, 0.2) is 12.1 Å². The molecule has 5 heteroatoms. The predicted molar refractivity (Wildman–Crippen MR) is 62.9 cm³/mol. The Kier molecular flexibility index (Phi) is 4.82. The summed E-state index contributed by atoms with van der Waals surface area (Å²) in [5.41, 5.74) is 0.652. The summed E-state index contributed by atoms with van der Waals surface area (Å²) < 4.78 is 10.1. The topological polar surface area (TPSA) is 60.5 Å². The zero-order chi connectivity index (χ0) is 12.7. The number of carbonyl (C=O) groups excluding carboxylic acids is 1. The number of amides is 1. The van der Waals surface area contributed by atoms with Gasteiger partial charge in [-0.25, -0.2) is 0 Å². The molecule has 0 bridgehead atoms. The molecule has 1 aromatic rings. The first kappa shape index (κ1) is 12.8. The molecule has 0 fully saturated rings. The lowest BCUT2D eigenvalue weighted by Crippen LogP contribution is -2.19. The van der Waals surface area contributed by atoms with E-state index in [1.165, 1.54) is 21.1 Å². The summed E-state index contributed by atoms with van der Waals surface area (Å²) in [5.74, 6) is 6.42. The van der Waals surface area contributed by atoms with Gasteiger partial charge in [0.15, 0.2) is 0 Å². The third kappa shape index (κ3) is 4.03. The van der Waals surface area contributed by atoms with Crippen molar-refractivity contribution in [2.75, 3.05) is 20.8 Å². The lowest BCUT2D eigenvalue weighted by atomic mass is 10.2. The van der Waals surface area contributed by atoms with Crippen molar-refractivity contribution >= 4 is 5.91 Å². The number of methoxy groups -OCH3 is 2. The summed E-state index contributed by atoms with van der Waals surface area (Å²) in [6.45, 7) is 1.74. The Balaban J connectivity index is 2.79. The molecule has 0 radical (unpaired) electrons. The fourth-order valence-corrected chi connectivity index (χ4v) is 1.10. The molecule has 0 aliphatic carbocycles. The first-order chi connectivity index (χ1) is 8.17. The maximum atomic E-state index is 10.6. The second-order valence-electron chi connectivity index (χ2n) is 3.12. The van der Waals surface area contributed by atoms with Crippen molar-refractivity contribution in [1.29, 1.82) is 0 Å². The summed E-state index contributed by atoms with van der Waals surface area (Å²) >= 11 is 0. The standard InChI is InChI=1S/C12H14N2O3/c1-9(15)13-8-4-5-10-6-7-11(16-2)14-12(10)17-3/h6-7H,8H2,1-3H3,(H,13,15). The number of hydrogen-bond acceptors (Lipinski definition) is 4. The largest absolute Gasteiger partial charge is 0.481 e. The van der Waals surface area contributed by atoms with Crippen LogP contribution in [0.4, 0.5) is 0 Å². The third-order valence-corrected chi connectivity index (χ3v) is 1.89. The molecule has 90 valence electrons. The van der Waals surface area contributed by atoms with Gasteiger partial charge in [-0.2, -0.15) is 4.98 Å². The van der Waals surface area contributed by atoms with E-state index in [1.54, 1.807) is 12.1 Å². The quantitative estimate of drug-likeness (QED) is 0.777. The fraction of sp³-hybridized carbons (Fsp3) is 0.333. The lowest BCUT2D eigenvalue weighted by Gasteiger charge is -2.04. The molecule has 0 atom stereocenters. The second kappa shape index (κ2) is 6.38. The van der Waals surface area contributed by atoms with E-state index < -0.39 is 0 Å². The van der Waals surface area contributed by atoms with E-state index in [0.717, 1.165) is 0 Å². The zero-order valence-electron chi connectivity index (χ0n) is 10.0. The van der Waals surface area contributed by atoms with Gasteiger partial charge in [0.05, 0.1) is 26.3 Å². The molecule has 1 rings (SSSR count). The molecule has 0 aliphatic rings. The highest BCUT2D eigenvalue weighted by atomic mass is 16.5. The SMILES string of the molecule is COc1ccc(C#CCNC(C)=O)c(OC)n1. The minimum atomic E-state index is -0.112. The van der Waals surface area contributed by atoms with E-state index in [9.17, 15) is 4.79 Å². The zero-order valence-corrected chi connectivity index (χ0v) is 10.0. The summed E-state index contributed by atoms with van der Waals surface area (Å²) in [7, 11) is 3.05. The van der Waals surface area contributed by atoms with Gasteiger partial charge >= 0.3 is 0 Å². The van der Waals surface area contributed by atoms with Crippen LogP contribution in [0.2, 0.25) is 0 Å². The summed E-state index contributed by atoms with van der Waals surface area (Å²) in [4.78, 5) is 14.7. The van der Waals surface area contributed by atoms with Gasteiger partial charge in [-0.1, -0.05) is 11.8 Å². The minimum absolute atomic E-state index is 0.112. The van der Waals surface area contributed by atoms with Crippen LogP contribution in [0.5, 0.6) is 11.8 Å². The van der Waals surface area contributed by atoms with E-state index in [-0.39, 0.29) is 5.91 Å². The molecular weight excluding hydrogens is 220 g/mol. The van der Waals surface area contributed by atoms with Crippen LogP contribution in [0.1, 0.15) is 12.5 Å². The lowest BCUT2D eigenvalue weighted by molar-refractivity contribution is -0.118. The van der Waals surface area contributed by atoms with Crippen LogP contribution in [0.25, 0.3) is 0 Å². The van der Waals surface area contributed by atoms with Crippen LogP contribution >= 0.6 is 0 Å². The van der Waals surface area contributed by atoms with Crippen LogP contribution in [0.3, 0.4) is 0 Å². The Morgan fingerprint density at radius 3 is 2.76 bits per heavy atom. The van der Waals surface area contributed by atoms with Gasteiger partial charge in [-0.15, -0.1) is 0 Å². The van der Waals surface area contributed by atoms with Crippen molar-refractivity contribution < 1.29 is 14.3 Å². The highest BCUT2D eigenvalue weighted by molar-refractivity contribution is 5.73. The normalized spacial score (nSPS) is 8.88. The van der Waals surface area contributed by atoms with Crippen LogP contribution < -0.4 is 14.8 Å². The molecule has 0 aromatic carbocycles. The Morgan fingerprint density at radius 1 is 1.41 bits per heavy atom. The molecule has 0 saturated carbocycles. The first-order valence-electron chi connectivity index (χ1n) is 4.99. The maximum absolute atomic E-state index is 10.6. The van der Waals surface area contributed by atoms with Gasteiger partial charge in [-0.3, -0.25) is 4.79 Å². The van der Waals surface area contributed by atoms with Gasteiger partial charge in [0, 0.05) is 13.0 Å². The Bertz CT molecular complexity index is 461. The monoisotopic (exact) mass is 234 g/mol. The van der Waals surface area contributed by atoms with Crippen molar-refractivity contribution in [2.24, 2.45) is 0 Å². The smallest absolute Gasteiger partial charge is 0.232 e. The van der Waals surface area contributed by atoms with Crippen molar-refractivity contribution in [3.63, 3.8) is 0 Å². The van der Waals surface area contributed by atoms with E-state index >= 15 is 0 Å². The average molecular weight is 234 g/mol. The number of hydrogen-bond donors (Lipinski definition) is 1. The second-order valence-corrected chi connectivity index (χ2v) is 3.12. The molecule has 1 amide bonds. The predicted octanol–water partition coefficient (Wildman–Crippen LogP) is 0.586. The van der Waals surface area contributed by atoms with Crippen LogP contribution in [0, 0.1) is 11.8 Å². The fourth-order valence-electron chi connectivity index (χ4n) is 1.10. The van der Waals surface area contributed by atoms with Gasteiger partial charge in [0.25, 0.3) is 0 Å². The van der Waals surface area contributed by atoms with E-state index in [4.69, 9.17) is 9.47 Å². The summed E-state index contributed by atoms with van der Waals surface area (Å²) in [6, 6.07) is 3.45. The summed E-state index contributed by atoms with van der Waals surface area (Å²) in [6.07, 6.45) is 0. The van der Waals surface area contributed by atoms with E-state index in [2.05, 4.69) is 22.1 Å². The number of rotatable bonds is 3. The first-order valence-corrected chi connectivity index (χ1v) is 4.99. The Hall–Kier alpha value is -2.22. The maximum Gasteiger partial charge on any atom is 0.232 e.